The van der Waals surface area contributed by atoms with Crippen LogP contribution in [0.2, 0.25) is 0 Å². The predicted molar refractivity (Wildman–Crippen MR) is 56.9 cm³/mol. The fourth-order valence-corrected chi connectivity index (χ4v) is 2.14. The molecule has 0 saturated heterocycles. The molecule has 3 heteroatoms. The lowest BCUT2D eigenvalue weighted by Crippen LogP contribution is -2.41. The van der Waals surface area contributed by atoms with E-state index in [2.05, 4.69) is 6.07 Å². The Morgan fingerprint density at radius 1 is 1.53 bits per heavy atom. The first-order valence-electron chi connectivity index (χ1n) is 5.92. The molecule has 1 amide bonds. The van der Waals surface area contributed by atoms with Gasteiger partial charge in [0.2, 0.25) is 5.91 Å². The zero-order valence-corrected chi connectivity index (χ0v) is 9.33. The molecule has 0 N–H and O–H groups in total. The molecule has 0 unspecified atom stereocenters. The maximum atomic E-state index is 12.1. The minimum atomic E-state index is -0.625. The zero-order valence-electron chi connectivity index (χ0n) is 9.33. The van der Waals surface area contributed by atoms with E-state index in [0.29, 0.717) is 5.92 Å². The first-order chi connectivity index (χ1) is 7.22. The van der Waals surface area contributed by atoms with Crippen molar-refractivity contribution in [2.24, 2.45) is 11.3 Å². The molecule has 0 heterocycles. The van der Waals surface area contributed by atoms with Gasteiger partial charge in [0.25, 0.3) is 0 Å². The molecule has 0 radical (unpaired) electrons. The Morgan fingerprint density at radius 3 is 2.53 bits per heavy atom. The first-order valence-corrected chi connectivity index (χ1v) is 5.92. The third kappa shape index (κ3) is 1.86. The van der Waals surface area contributed by atoms with Crippen molar-refractivity contribution in [1.82, 2.24) is 4.90 Å². The average molecular weight is 206 g/mol. The molecule has 0 atom stereocenters. The Balaban J connectivity index is 1.94. The van der Waals surface area contributed by atoms with Crippen LogP contribution < -0.4 is 0 Å². The van der Waals surface area contributed by atoms with Crippen LogP contribution >= 0.6 is 0 Å². The second-order valence-electron chi connectivity index (χ2n) is 4.83. The summed E-state index contributed by atoms with van der Waals surface area (Å²) in [4.78, 5) is 14.0. The Kier molecular flexibility index (Phi) is 2.68. The van der Waals surface area contributed by atoms with E-state index in [-0.39, 0.29) is 5.91 Å². The molecule has 2 aliphatic carbocycles. The van der Waals surface area contributed by atoms with Crippen molar-refractivity contribution in [3.8, 4) is 6.07 Å². The summed E-state index contributed by atoms with van der Waals surface area (Å²) >= 11 is 0. The molecule has 0 aromatic carbocycles. The molecule has 3 nitrogen and oxygen atoms in total. The summed E-state index contributed by atoms with van der Waals surface area (Å²) in [6, 6.07) is 2.19. The molecule has 0 aromatic rings. The Morgan fingerprint density at radius 2 is 2.20 bits per heavy atom. The highest BCUT2D eigenvalue weighted by Gasteiger charge is 2.52. The van der Waals surface area contributed by atoms with Crippen molar-refractivity contribution in [2.45, 2.75) is 39.0 Å². The highest BCUT2D eigenvalue weighted by Crippen LogP contribution is 2.46. The lowest BCUT2D eigenvalue weighted by Gasteiger charge is -2.32. The Hall–Kier alpha value is -1.04. The van der Waals surface area contributed by atoms with E-state index in [1.165, 1.54) is 19.3 Å². The number of hydrogen-bond acceptors (Lipinski definition) is 2. The fraction of sp³-hybridized carbons (Fsp3) is 0.833. The van der Waals surface area contributed by atoms with Crippen LogP contribution in [0.5, 0.6) is 0 Å². The van der Waals surface area contributed by atoms with Gasteiger partial charge in [0.15, 0.2) is 0 Å². The molecule has 2 saturated carbocycles. The van der Waals surface area contributed by atoms with Gasteiger partial charge in [-0.15, -0.1) is 0 Å². The first kappa shape index (κ1) is 10.5. The van der Waals surface area contributed by atoms with E-state index in [0.717, 1.165) is 25.9 Å². The van der Waals surface area contributed by atoms with Crippen LogP contribution in [0.15, 0.2) is 0 Å². The summed E-state index contributed by atoms with van der Waals surface area (Å²) < 4.78 is 0. The van der Waals surface area contributed by atoms with Gasteiger partial charge in [-0.1, -0.05) is 6.42 Å². The van der Waals surface area contributed by atoms with Crippen LogP contribution in [-0.4, -0.2) is 23.9 Å². The lowest BCUT2D eigenvalue weighted by atomic mass is 9.85. The van der Waals surface area contributed by atoms with E-state index < -0.39 is 5.41 Å². The number of carbonyl (C=O) groups is 1. The number of rotatable bonds is 4. The normalized spacial score (nSPS) is 22.7. The number of nitrogens with zero attached hydrogens (tertiary/aromatic N) is 2. The summed E-state index contributed by atoms with van der Waals surface area (Å²) in [7, 11) is 0. The molecule has 2 rings (SSSR count). The molecule has 82 valence electrons. The second-order valence-corrected chi connectivity index (χ2v) is 4.83. The minimum absolute atomic E-state index is 0.0828. The number of amides is 1. The summed E-state index contributed by atoms with van der Waals surface area (Å²) in [5, 5.41) is 8.98. The van der Waals surface area contributed by atoms with E-state index >= 15 is 0 Å². The summed E-state index contributed by atoms with van der Waals surface area (Å²) in [6.45, 7) is 3.63. The molecule has 15 heavy (non-hydrogen) atoms. The SMILES string of the molecule is CCN(CC1CCC1)C(=O)C1(C#N)CC1. The average Bonchev–Trinajstić information content (AvgIpc) is 2.96. The molecule has 0 spiro atoms. The highest BCUT2D eigenvalue weighted by atomic mass is 16.2. The topological polar surface area (TPSA) is 44.1 Å². The molecular weight excluding hydrogens is 188 g/mol. The van der Waals surface area contributed by atoms with Crippen molar-refractivity contribution in [3.63, 3.8) is 0 Å². The molecule has 2 fully saturated rings. The molecule has 0 aliphatic heterocycles. The van der Waals surface area contributed by atoms with E-state index in [9.17, 15) is 4.79 Å². The minimum Gasteiger partial charge on any atom is -0.341 e. The van der Waals surface area contributed by atoms with Gasteiger partial charge >= 0.3 is 0 Å². The van der Waals surface area contributed by atoms with Crippen molar-refractivity contribution in [1.29, 1.82) is 5.26 Å². The van der Waals surface area contributed by atoms with Crippen molar-refractivity contribution >= 4 is 5.91 Å². The van der Waals surface area contributed by atoms with Crippen molar-refractivity contribution in [3.05, 3.63) is 0 Å². The number of carbonyl (C=O) groups excluding carboxylic acids is 1. The lowest BCUT2D eigenvalue weighted by molar-refractivity contribution is -0.135. The predicted octanol–water partition coefficient (Wildman–Crippen LogP) is 1.94. The summed E-state index contributed by atoms with van der Waals surface area (Å²) in [6.07, 6.45) is 5.35. The Labute approximate surface area is 91.1 Å². The molecule has 0 aromatic heterocycles. The van der Waals surface area contributed by atoms with Gasteiger partial charge in [-0.05, 0) is 38.5 Å². The fourth-order valence-electron chi connectivity index (χ4n) is 2.14. The van der Waals surface area contributed by atoms with Crippen LogP contribution in [0.25, 0.3) is 0 Å². The second kappa shape index (κ2) is 3.84. The highest BCUT2D eigenvalue weighted by molar-refractivity contribution is 5.88. The van der Waals surface area contributed by atoms with Crippen LogP contribution in [0, 0.1) is 22.7 Å². The van der Waals surface area contributed by atoms with E-state index in [1.807, 2.05) is 11.8 Å². The van der Waals surface area contributed by atoms with Crippen LogP contribution in [0.3, 0.4) is 0 Å². The number of hydrogen-bond donors (Lipinski definition) is 0. The van der Waals surface area contributed by atoms with Gasteiger partial charge < -0.3 is 4.90 Å². The standard InChI is InChI=1S/C12H18N2O/c1-2-14(8-10-4-3-5-10)11(15)12(9-13)6-7-12/h10H,2-8H2,1H3. The van der Waals surface area contributed by atoms with Crippen LogP contribution in [0.4, 0.5) is 0 Å². The maximum absolute atomic E-state index is 12.1. The maximum Gasteiger partial charge on any atom is 0.243 e. The zero-order chi connectivity index (χ0) is 10.9. The summed E-state index contributed by atoms with van der Waals surface area (Å²) in [5.74, 6) is 0.780. The number of nitriles is 1. The van der Waals surface area contributed by atoms with Gasteiger partial charge in [0.05, 0.1) is 6.07 Å². The van der Waals surface area contributed by atoms with Crippen LogP contribution in [-0.2, 0) is 4.79 Å². The van der Waals surface area contributed by atoms with Crippen LogP contribution in [0.1, 0.15) is 39.0 Å². The van der Waals surface area contributed by atoms with E-state index in [1.54, 1.807) is 0 Å². The Bertz CT molecular complexity index is 297. The molecule has 0 bridgehead atoms. The smallest absolute Gasteiger partial charge is 0.243 e. The summed E-state index contributed by atoms with van der Waals surface area (Å²) in [5.41, 5.74) is -0.625. The molecule has 2 aliphatic rings. The van der Waals surface area contributed by atoms with Gasteiger partial charge in [-0.2, -0.15) is 5.26 Å². The quantitative estimate of drug-likeness (QED) is 0.705. The van der Waals surface area contributed by atoms with E-state index in [4.69, 9.17) is 5.26 Å². The van der Waals surface area contributed by atoms with Gasteiger partial charge in [-0.25, -0.2) is 0 Å². The third-order valence-corrected chi connectivity index (χ3v) is 3.75. The molecular formula is C12H18N2O. The largest absolute Gasteiger partial charge is 0.341 e. The van der Waals surface area contributed by atoms with Gasteiger partial charge in [0, 0.05) is 13.1 Å². The van der Waals surface area contributed by atoms with Gasteiger partial charge in [0.1, 0.15) is 5.41 Å². The monoisotopic (exact) mass is 206 g/mol. The van der Waals surface area contributed by atoms with Crippen molar-refractivity contribution in [2.75, 3.05) is 13.1 Å². The third-order valence-electron chi connectivity index (χ3n) is 3.75. The van der Waals surface area contributed by atoms with Gasteiger partial charge in [-0.3, -0.25) is 4.79 Å². The van der Waals surface area contributed by atoms with Crippen molar-refractivity contribution < 1.29 is 4.79 Å².